The van der Waals surface area contributed by atoms with Gasteiger partial charge in [-0.25, -0.2) is 4.79 Å². The monoisotopic (exact) mass is 589 g/mol. The molecule has 1 aliphatic heterocycles. The predicted octanol–water partition coefficient (Wildman–Crippen LogP) is 2.72. The van der Waals surface area contributed by atoms with Gasteiger partial charge in [0.05, 0.1) is 25.5 Å². The molecule has 0 aromatic heterocycles. The Bertz CT molecular complexity index is 983. The molecule has 0 aromatic rings. The number of esters is 1. The van der Waals surface area contributed by atoms with Crippen LogP contribution in [0.5, 0.6) is 0 Å². The van der Waals surface area contributed by atoms with Gasteiger partial charge < -0.3 is 30.5 Å². The Kier molecular flexibility index (Phi) is 11.5. The van der Waals surface area contributed by atoms with Gasteiger partial charge in [0.15, 0.2) is 0 Å². The van der Waals surface area contributed by atoms with Crippen molar-refractivity contribution in [2.24, 2.45) is 17.8 Å². The lowest BCUT2D eigenvalue weighted by Gasteiger charge is -2.39. The molecule has 0 spiro atoms. The van der Waals surface area contributed by atoms with E-state index in [-0.39, 0.29) is 85.9 Å². The van der Waals surface area contributed by atoms with Crippen molar-refractivity contribution >= 4 is 29.7 Å². The molecular weight excluding hydrogens is 538 g/mol. The van der Waals surface area contributed by atoms with Gasteiger partial charge in [-0.05, 0) is 76.5 Å². The second-order valence-corrected chi connectivity index (χ2v) is 13.0. The Morgan fingerprint density at radius 1 is 0.905 bits per heavy atom. The van der Waals surface area contributed by atoms with Crippen LogP contribution in [0.1, 0.15) is 97.3 Å². The van der Waals surface area contributed by atoms with Crippen molar-refractivity contribution in [1.29, 1.82) is 0 Å². The zero-order chi connectivity index (χ0) is 30.2. The van der Waals surface area contributed by atoms with Gasteiger partial charge in [0.25, 0.3) is 0 Å². The number of urea groups is 1. The first-order valence-corrected chi connectivity index (χ1v) is 16.2. The number of hydrogen-bond acceptors (Lipinski definition) is 6. The molecule has 42 heavy (non-hydrogen) atoms. The summed E-state index contributed by atoms with van der Waals surface area (Å²) in [4.78, 5) is 66.8. The van der Waals surface area contributed by atoms with E-state index >= 15 is 0 Å². The van der Waals surface area contributed by atoms with Crippen LogP contribution >= 0.6 is 0 Å². The van der Waals surface area contributed by atoms with Crippen molar-refractivity contribution in [3.8, 4) is 0 Å². The van der Waals surface area contributed by atoms with Crippen molar-refractivity contribution < 1.29 is 28.7 Å². The molecule has 236 valence electrons. The van der Waals surface area contributed by atoms with Crippen molar-refractivity contribution in [1.82, 2.24) is 25.8 Å². The van der Waals surface area contributed by atoms with Gasteiger partial charge in [-0.3, -0.25) is 19.2 Å². The fourth-order valence-corrected chi connectivity index (χ4v) is 7.42. The molecule has 5 amide bonds. The Morgan fingerprint density at radius 3 is 2.33 bits per heavy atom. The predicted molar refractivity (Wildman–Crippen MR) is 157 cm³/mol. The number of nitrogens with one attached hydrogen (secondary N) is 3. The van der Waals surface area contributed by atoms with E-state index in [1.807, 2.05) is 0 Å². The maximum absolute atomic E-state index is 13.5. The topological polar surface area (TPSA) is 137 Å². The van der Waals surface area contributed by atoms with Crippen LogP contribution in [0.15, 0.2) is 0 Å². The van der Waals surface area contributed by atoms with Crippen LogP contribution in [0.25, 0.3) is 0 Å². The average molecular weight is 590 g/mol. The second-order valence-electron chi connectivity index (χ2n) is 13.0. The van der Waals surface area contributed by atoms with E-state index in [1.54, 1.807) is 18.9 Å². The fourth-order valence-electron chi connectivity index (χ4n) is 7.42. The summed E-state index contributed by atoms with van der Waals surface area (Å²) in [5.74, 6) is -0.254. The maximum atomic E-state index is 13.5. The third-order valence-electron chi connectivity index (χ3n) is 10.00. The van der Waals surface area contributed by atoms with E-state index in [0.29, 0.717) is 31.6 Å². The van der Waals surface area contributed by atoms with Gasteiger partial charge in [-0.1, -0.05) is 19.8 Å². The minimum atomic E-state index is -0.410. The van der Waals surface area contributed by atoms with E-state index in [0.717, 1.165) is 32.1 Å². The number of hydrogen-bond donors (Lipinski definition) is 3. The van der Waals surface area contributed by atoms with Crippen molar-refractivity contribution in [2.75, 3.05) is 26.7 Å². The zero-order valence-electron chi connectivity index (χ0n) is 25.7. The summed E-state index contributed by atoms with van der Waals surface area (Å²) in [5.41, 5.74) is 0. The molecule has 1 heterocycles. The number of likely N-dealkylation sites (N-methyl/N-ethyl adjacent to an activating group) is 1. The van der Waals surface area contributed by atoms with Crippen molar-refractivity contribution in [2.45, 2.75) is 121 Å². The summed E-state index contributed by atoms with van der Waals surface area (Å²) in [5, 5.41) is 9.50. The molecule has 4 fully saturated rings. The van der Waals surface area contributed by atoms with Gasteiger partial charge >= 0.3 is 12.0 Å². The maximum Gasteiger partial charge on any atom is 0.315 e. The van der Waals surface area contributed by atoms with Crippen LogP contribution in [0.4, 0.5) is 4.79 Å². The zero-order valence-corrected chi connectivity index (χ0v) is 25.7. The highest BCUT2D eigenvalue weighted by molar-refractivity contribution is 5.89. The summed E-state index contributed by atoms with van der Waals surface area (Å²) in [6.45, 7) is 4.32. The van der Waals surface area contributed by atoms with Crippen LogP contribution in [0.2, 0.25) is 0 Å². The Hall–Kier alpha value is -2.85. The summed E-state index contributed by atoms with van der Waals surface area (Å²) < 4.78 is 4.99. The number of rotatable bonds is 9. The number of carbonyl (C=O) groups is 5. The van der Waals surface area contributed by atoms with Gasteiger partial charge in [-0.15, -0.1) is 0 Å². The third-order valence-corrected chi connectivity index (χ3v) is 10.00. The van der Waals surface area contributed by atoms with E-state index in [2.05, 4.69) is 22.9 Å². The van der Waals surface area contributed by atoms with Crippen LogP contribution < -0.4 is 16.0 Å². The van der Waals surface area contributed by atoms with Gasteiger partial charge in [0, 0.05) is 44.2 Å². The summed E-state index contributed by atoms with van der Waals surface area (Å²) in [6, 6.07) is 0.0134. The number of amides is 5. The summed E-state index contributed by atoms with van der Waals surface area (Å²) in [6.07, 6.45) is 10.5. The normalized spacial score (nSPS) is 31.9. The highest BCUT2D eigenvalue weighted by atomic mass is 16.5. The molecule has 4 rings (SSSR count). The summed E-state index contributed by atoms with van der Waals surface area (Å²) >= 11 is 0. The minimum absolute atomic E-state index is 0.00329. The van der Waals surface area contributed by atoms with Crippen LogP contribution in [0, 0.1) is 17.8 Å². The average Bonchev–Trinajstić information content (AvgIpc) is 3.04. The molecule has 4 aliphatic rings. The molecule has 0 aromatic carbocycles. The van der Waals surface area contributed by atoms with Crippen LogP contribution in [-0.2, 0) is 23.9 Å². The van der Waals surface area contributed by atoms with E-state index < -0.39 is 5.92 Å². The molecule has 5 atom stereocenters. The molecule has 0 radical (unpaired) electrons. The van der Waals surface area contributed by atoms with Crippen LogP contribution in [0.3, 0.4) is 0 Å². The Labute approximate surface area is 250 Å². The molecule has 11 heteroatoms. The number of fused-ring (bicyclic) bond motifs is 1. The molecule has 3 aliphatic carbocycles. The van der Waals surface area contributed by atoms with Gasteiger partial charge in [0.1, 0.15) is 0 Å². The standard InChI is InChI=1S/C31H51N5O6/c1-4-42-29(39)15-16-36-19-28(38)35(3)26-14-13-23(18-24(26)30(36)40)32-27(37)17-21-9-11-22(12-10-21)33-31(41)34-25-8-6-5-7-20(25)2/h20-26H,4-19H2,1-3H3,(H,32,37)(H2,33,34,41). The van der Waals surface area contributed by atoms with Gasteiger partial charge in [-0.2, -0.15) is 0 Å². The van der Waals surface area contributed by atoms with E-state index in [4.69, 9.17) is 4.74 Å². The fraction of sp³-hybridized carbons (Fsp3) is 0.839. The number of ether oxygens (including phenoxy) is 1. The molecule has 5 unspecified atom stereocenters. The number of carbonyl (C=O) groups excluding carboxylic acids is 5. The second kappa shape index (κ2) is 15.0. The molecule has 1 saturated heterocycles. The lowest BCUT2D eigenvalue weighted by atomic mass is 9.79. The highest BCUT2D eigenvalue weighted by Gasteiger charge is 2.44. The van der Waals surface area contributed by atoms with E-state index in [9.17, 15) is 24.0 Å². The van der Waals surface area contributed by atoms with Crippen LogP contribution in [-0.4, -0.2) is 90.4 Å². The quantitative estimate of drug-likeness (QED) is 0.354. The Balaban J connectivity index is 1.21. The Morgan fingerprint density at radius 2 is 1.62 bits per heavy atom. The first kappa shape index (κ1) is 32.1. The smallest absolute Gasteiger partial charge is 0.315 e. The molecule has 11 nitrogen and oxygen atoms in total. The molecular formula is C31H51N5O6. The lowest BCUT2D eigenvalue weighted by Crippen LogP contribution is -2.51. The highest BCUT2D eigenvalue weighted by Crippen LogP contribution is 2.33. The van der Waals surface area contributed by atoms with Gasteiger partial charge in [0.2, 0.25) is 17.7 Å². The minimum Gasteiger partial charge on any atom is -0.466 e. The number of nitrogens with zero attached hydrogens (tertiary/aromatic N) is 2. The largest absolute Gasteiger partial charge is 0.466 e. The van der Waals surface area contributed by atoms with Crippen molar-refractivity contribution in [3.05, 3.63) is 0 Å². The molecule has 0 bridgehead atoms. The third kappa shape index (κ3) is 8.60. The SMILES string of the molecule is CCOC(=O)CCN1CC(=O)N(C)C2CCC(NC(=O)CC3CCC(NC(=O)NC4CCCCC4C)CC3)CC2C1=O. The lowest BCUT2D eigenvalue weighted by molar-refractivity contribution is -0.145. The first-order valence-electron chi connectivity index (χ1n) is 16.2. The molecule has 3 saturated carbocycles. The van der Waals surface area contributed by atoms with E-state index in [1.165, 1.54) is 24.2 Å². The molecule has 3 N–H and O–H groups in total. The first-order chi connectivity index (χ1) is 20.1. The summed E-state index contributed by atoms with van der Waals surface area (Å²) in [7, 11) is 1.74. The van der Waals surface area contributed by atoms with Crippen molar-refractivity contribution in [3.63, 3.8) is 0 Å².